The summed E-state index contributed by atoms with van der Waals surface area (Å²) in [5.41, 5.74) is 0. The monoisotopic (exact) mass is 237 g/mol. The maximum atomic E-state index is 11.5. The van der Waals surface area contributed by atoms with Gasteiger partial charge in [-0.05, 0) is 12.8 Å². The van der Waals surface area contributed by atoms with Gasteiger partial charge in [0.1, 0.15) is 4.90 Å². The van der Waals surface area contributed by atoms with Gasteiger partial charge in [-0.25, -0.2) is 13.1 Å². The maximum absolute atomic E-state index is 11.5. The van der Waals surface area contributed by atoms with Crippen LogP contribution in [0.25, 0.3) is 0 Å². The molecule has 0 atom stereocenters. The number of sulfonamides is 1. The smallest absolute Gasteiger partial charge is 0.243 e. The van der Waals surface area contributed by atoms with E-state index in [9.17, 15) is 8.42 Å². The van der Waals surface area contributed by atoms with Crippen LogP contribution in [0.1, 0.15) is 12.8 Å². The molecule has 0 aliphatic carbocycles. The summed E-state index contributed by atoms with van der Waals surface area (Å²) >= 11 is 5.46. The number of H-pyrrole nitrogens is 1. The number of aromatic nitrogens is 2. The van der Waals surface area contributed by atoms with Crippen LogP contribution in [0, 0.1) is 0 Å². The Hall–Kier alpha value is -0.590. The van der Waals surface area contributed by atoms with Crippen molar-refractivity contribution in [1.29, 1.82) is 0 Å². The summed E-state index contributed by atoms with van der Waals surface area (Å²) in [5.74, 6) is 0.549. The minimum absolute atomic E-state index is 0.156. The van der Waals surface area contributed by atoms with Crippen molar-refractivity contribution in [3.05, 3.63) is 12.4 Å². The first-order chi connectivity index (χ1) is 6.67. The third-order valence-electron chi connectivity index (χ3n) is 1.64. The first-order valence-electron chi connectivity index (χ1n) is 4.21. The average molecular weight is 238 g/mol. The van der Waals surface area contributed by atoms with Gasteiger partial charge < -0.3 is 0 Å². The van der Waals surface area contributed by atoms with E-state index in [-0.39, 0.29) is 4.90 Å². The minimum atomic E-state index is -3.38. The largest absolute Gasteiger partial charge is 0.284 e. The van der Waals surface area contributed by atoms with Gasteiger partial charge in [-0.2, -0.15) is 5.10 Å². The van der Waals surface area contributed by atoms with Crippen LogP contribution in [0.3, 0.4) is 0 Å². The molecule has 0 aliphatic rings. The van der Waals surface area contributed by atoms with Crippen molar-refractivity contribution < 1.29 is 8.42 Å². The third-order valence-corrected chi connectivity index (χ3v) is 3.33. The lowest BCUT2D eigenvalue weighted by Crippen LogP contribution is -2.24. The molecule has 0 saturated carbocycles. The Morgan fingerprint density at radius 3 is 2.86 bits per heavy atom. The summed E-state index contributed by atoms with van der Waals surface area (Å²) in [6, 6.07) is 0. The van der Waals surface area contributed by atoms with Gasteiger partial charge in [-0.15, -0.1) is 11.6 Å². The van der Waals surface area contributed by atoms with Gasteiger partial charge in [0, 0.05) is 18.6 Å². The zero-order valence-corrected chi connectivity index (χ0v) is 9.11. The summed E-state index contributed by atoms with van der Waals surface area (Å²) < 4.78 is 25.4. The quantitative estimate of drug-likeness (QED) is 0.565. The lowest BCUT2D eigenvalue weighted by molar-refractivity contribution is 0.578. The number of rotatable bonds is 6. The van der Waals surface area contributed by atoms with Gasteiger partial charge in [-0.1, -0.05) is 0 Å². The van der Waals surface area contributed by atoms with Crippen LogP contribution in [0.2, 0.25) is 0 Å². The van der Waals surface area contributed by atoms with E-state index in [2.05, 4.69) is 14.9 Å². The molecule has 7 heteroatoms. The summed E-state index contributed by atoms with van der Waals surface area (Å²) in [5, 5.41) is 6.01. The van der Waals surface area contributed by atoms with Crippen LogP contribution in [0.5, 0.6) is 0 Å². The van der Waals surface area contributed by atoms with Gasteiger partial charge in [0.15, 0.2) is 0 Å². The van der Waals surface area contributed by atoms with Crippen LogP contribution >= 0.6 is 11.6 Å². The number of nitrogens with zero attached hydrogens (tertiary/aromatic N) is 1. The molecule has 1 aromatic heterocycles. The fourth-order valence-electron chi connectivity index (χ4n) is 0.895. The topological polar surface area (TPSA) is 74.8 Å². The molecule has 0 fully saturated rings. The molecule has 0 bridgehead atoms. The Morgan fingerprint density at radius 2 is 2.29 bits per heavy atom. The molecular weight excluding hydrogens is 226 g/mol. The number of hydrogen-bond donors (Lipinski definition) is 2. The van der Waals surface area contributed by atoms with Crippen molar-refractivity contribution in [3.63, 3.8) is 0 Å². The van der Waals surface area contributed by atoms with Crippen molar-refractivity contribution >= 4 is 21.6 Å². The maximum Gasteiger partial charge on any atom is 0.243 e. The normalized spacial score (nSPS) is 11.8. The molecule has 1 aromatic rings. The molecule has 0 aliphatic heterocycles. The molecule has 14 heavy (non-hydrogen) atoms. The standard InChI is InChI=1S/C7H12ClN3O2S/c8-3-1-2-4-11-14(12,13)7-5-9-10-6-7/h5-6,11H,1-4H2,(H,9,10). The Bertz CT molecular complexity index is 349. The van der Waals surface area contributed by atoms with E-state index in [0.717, 1.165) is 12.8 Å². The summed E-state index contributed by atoms with van der Waals surface area (Å²) in [6.07, 6.45) is 4.14. The van der Waals surface area contributed by atoms with Crippen molar-refractivity contribution in [2.75, 3.05) is 12.4 Å². The highest BCUT2D eigenvalue weighted by Gasteiger charge is 2.13. The highest BCUT2D eigenvalue weighted by atomic mass is 35.5. The molecule has 1 heterocycles. The molecule has 2 N–H and O–H groups in total. The van der Waals surface area contributed by atoms with E-state index in [1.165, 1.54) is 12.4 Å². The van der Waals surface area contributed by atoms with E-state index in [0.29, 0.717) is 12.4 Å². The van der Waals surface area contributed by atoms with Crippen molar-refractivity contribution in [1.82, 2.24) is 14.9 Å². The number of hydrogen-bond acceptors (Lipinski definition) is 3. The lowest BCUT2D eigenvalue weighted by Gasteiger charge is -2.02. The molecule has 0 aromatic carbocycles. The van der Waals surface area contributed by atoms with E-state index in [4.69, 9.17) is 11.6 Å². The van der Waals surface area contributed by atoms with Crippen LogP contribution in [-0.2, 0) is 10.0 Å². The molecule has 0 spiro atoms. The van der Waals surface area contributed by atoms with E-state index < -0.39 is 10.0 Å². The average Bonchev–Trinajstić information content (AvgIpc) is 2.65. The first kappa shape index (κ1) is 11.5. The van der Waals surface area contributed by atoms with Crippen LogP contribution in [0.15, 0.2) is 17.3 Å². The zero-order chi connectivity index (χ0) is 10.4. The van der Waals surface area contributed by atoms with E-state index in [1.54, 1.807) is 0 Å². The predicted octanol–water partition coefficient (Wildman–Crippen LogP) is 0.707. The van der Waals surface area contributed by atoms with Crippen molar-refractivity contribution in [2.45, 2.75) is 17.7 Å². The Balaban J connectivity index is 2.44. The van der Waals surface area contributed by atoms with Crippen molar-refractivity contribution in [2.24, 2.45) is 0 Å². The number of alkyl halides is 1. The van der Waals surface area contributed by atoms with Gasteiger partial charge in [-0.3, -0.25) is 5.10 Å². The van der Waals surface area contributed by atoms with Crippen LogP contribution in [0.4, 0.5) is 0 Å². The second-order valence-corrected chi connectivity index (χ2v) is 4.87. The summed E-state index contributed by atoms with van der Waals surface area (Å²) in [4.78, 5) is 0.156. The molecule has 1 rings (SSSR count). The second kappa shape index (κ2) is 5.33. The first-order valence-corrected chi connectivity index (χ1v) is 6.23. The number of nitrogens with one attached hydrogen (secondary N) is 2. The minimum Gasteiger partial charge on any atom is -0.284 e. The van der Waals surface area contributed by atoms with Crippen LogP contribution in [-0.4, -0.2) is 31.0 Å². The highest BCUT2D eigenvalue weighted by Crippen LogP contribution is 2.04. The number of halogens is 1. The zero-order valence-electron chi connectivity index (χ0n) is 7.53. The number of aromatic amines is 1. The molecular formula is C7H12ClN3O2S. The Kier molecular flexibility index (Phi) is 4.37. The van der Waals surface area contributed by atoms with Crippen LogP contribution < -0.4 is 4.72 Å². The summed E-state index contributed by atoms with van der Waals surface area (Å²) in [6.45, 7) is 0.403. The van der Waals surface area contributed by atoms with Gasteiger partial charge in [0.05, 0.1) is 6.20 Å². The van der Waals surface area contributed by atoms with Gasteiger partial charge >= 0.3 is 0 Å². The fraction of sp³-hybridized carbons (Fsp3) is 0.571. The summed E-state index contributed by atoms with van der Waals surface area (Å²) in [7, 11) is -3.38. The number of unbranched alkanes of at least 4 members (excludes halogenated alkanes) is 1. The van der Waals surface area contributed by atoms with E-state index in [1.807, 2.05) is 0 Å². The van der Waals surface area contributed by atoms with Gasteiger partial charge in [0.2, 0.25) is 10.0 Å². The van der Waals surface area contributed by atoms with Crippen molar-refractivity contribution in [3.8, 4) is 0 Å². The molecule has 0 saturated heterocycles. The SMILES string of the molecule is O=S(=O)(NCCCCCl)c1cn[nH]c1. The van der Waals surface area contributed by atoms with Gasteiger partial charge in [0.25, 0.3) is 0 Å². The molecule has 0 unspecified atom stereocenters. The van der Waals surface area contributed by atoms with E-state index >= 15 is 0 Å². The highest BCUT2D eigenvalue weighted by molar-refractivity contribution is 7.89. The molecule has 0 amide bonds. The Labute approximate surface area is 87.9 Å². The lowest BCUT2D eigenvalue weighted by atomic mass is 10.3. The fourth-order valence-corrected chi connectivity index (χ4v) is 2.06. The molecule has 0 radical (unpaired) electrons. The predicted molar refractivity (Wildman–Crippen MR) is 53.7 cm³/mol. The third kappa shape index (κ3) is 3.28. The molecule has 80 valence electrons. The molecule has 5 nitrogen and oxygen atoms in total. The Morgan fingerprint density at radius 1 is 1.50 bits per heavy atom. The second-order valence-electron chi connectivity index (χ2n) is 2.73.